The molecule has 0 spiro atoms. The molecule has 2 rings (SSSR count). The minimum Gasteiger partial charge on any atom is -0.399 e. The summed E-state index contributed by atoms with van der Waals surface area (Å²) in [5.74, 6) is 0.0736. The molecule has 1 heterocycles. The SMILES string of the molecule is CC(C)C(Cc1ccccc1N)(N=O)C1CNCCO1. The van der Waals surface area contributed by atoms with Gasteiger partial charge in [-0.3, -0.25) is 0 Å². The molecular formula is C15H23N3O2. The summed E-state index contributed by atoms with van der Waals surface area (Å²) in [5, 5.41) is 6.78. The Morgan fingerprint density at radius 1 is 1.50 bits per heavy atom. The number of hydrogen-bond acceptors (Lipinski definition) is 5. The summed E-state index contributed by atoms with van der Waals surface area (Å²) in [6.45, 7) is 6.10. The fourth-order valence-corrected chi connectivity index (χ4v) is 2.77. The second-order valence-corrected chi connectivity index (χ2v) is 5.68. The number of nitroso groups, excluding NO2 is 1. The highest BCUT2D eigenvalue weighted by Gasteiger charge is 2.45. The first-order valence-electron chi connectivity index (χ1n) is 7.10. The van der Waals surface area contributed by atoms with Gasteiger partial charge in [0.2, 0.25) is 0 Å². The van der Waals surface area contributed by atoms with Gasteiger partial charge in [0.05, 0.1) is 12.7 Å². The normalized spacial score (nSPS) is 22.4. The number of ether oxygens (including phenoxy) is 1. The largest absolute Gasteiger partial charge is 0.399 e. The maximum Gasteiger partial charge on any atom is 0.136 e. The number of hydrogen-bond donors (Lipinski definition) is 2. The van der Waals surface area contributed by atoms with Crippen LogP contribution in [-0.4, -0.2) is 31.3 Å². The minimum atomic E-state index is -0.789. The van der Waals surface area contributed by atoms with Crippen molar-refractivity contribution in [1.29, 1.82) is 0 Å². The Labute approximate surface area is 119 Å². The maximum atomic E-state index is 11.7. The number of morpholine rings is 1. The van der Waals surface area contributed by atoms with E-state index in [1.165, 1.54) is 0 Å². The Hall–Kier alpha value is -1.46. The van der Waals surface area contributed by atoms with Gasteiger partial charge in [-0.2, -0.15) is 4.91 Å². The van der Waals surface area contributed by atoms with Crippen molar-refractivity contribution in [2.24, 2.45) is 11.1 Å². The average molecular weight is 277 g/mol. The highest BCUT2D eigenvalue weighted by molar-refractivity contribution is 5.47. The lowest BCUT2D eigenvalue weighted by Gasteiger charge is -2.40. The van der Waals surface area contributed by atoms with Crippen LogP contribution in [0, 0.1) is 10.8 Å². The fraction of sp³-hybridized carbons (Fsp3) is 0.600. The smallest absolute Gasteiger partial charge is 0.136 e. The Morgan fingerprint density at radius 2 is 2.25 bits per heavy atom. The molecule has 110 valence electrons. The molecule has 1 aromatic carbocycles. The second kappa shape index (κ2) is 6.33. The van der Waals surface area contributed by atoms with Crippen LogP contribution in [0.2, 0.25) is 0 Å². The van der Waals surface area contributed by atoms with Crippen LogP contribution in [0.4, 0.5) is 5.69 Å². The van der Waals surface area contributed by atoms with Crippen LogP contribution in [-0.2, 0) is 11.2 Å². The number of nitrogens with two attached hydrogens (primary N) is 1. The van der Waals surface area contributed by atoms with Gasteiger partial charge in [-0.25, -0.2) is 0 Å². The number of nitrogen functional groups attached to an aromatic ring is 1. The predicted molar refractivity (Wildman–Crippen MR) is 80.5 cm³/mol. The molecule has 20 heavy (non-hydrogen) atoms. The van der Waals surface area contributed by atoms with Gasteiger partial charge in [0.25, 0.3) is 0 Å². The summed E-state index contributed by atoms with van der Waals surface area (Å²) >= 11 is 0. The van der Waals surface area contributed by atoms with Crippen molar-refractivity contribution in [3.8, 4) is 0 Å². The van der Waals surface area contributed by atoms with E-state index < -0.39 is 5.54 Å². The third-order valence-corrected chi connectivity index (χ3v) is 4.18. The van der Waals surface area contributed by atoms with E-state index in [1.54, 1.807) is 0 Å². The van der Waals surface area contributed by atoms with E-state index in [-0.39, 0.29) is 12.0 Å². The molecule has 5 heteroatoms. The molecule has 1 aliphatic heterocycles. The molecule has 2 unspecified atom stereocenters. The van der Waals surface area contributed by atoms with Gasteiger partial charge in [-0.15, -0.1) is 0 Å². The zero-order chi connectivity index (χ0) is 14.6. The number of para-hydroxylation sites is 1. The zero-order valence-electron chi connectivity index (χ0n) is 12.1. The maximum absolute atomic E-state index is 11.7. The topological polar surface area (TPSA) is 76.7 Å². The highest BCUT2D eigenvalue weighted by Crippen LogP contribution is 2.34. The molecule has 1 saturated heterocycles. The van der Waals surface area contributed by atoms with Crippen molar-refractivity contribution in [3.05, 3.63) is 34.7 Å². The van der Waals surface area contributed by atoms with E-state index in [9.17, 15) is 4.91 Å². The van der Waals surface area contributed by atoms with Gasteiger partial charge in [-0.05, 0) is 17.5 Å². The lowest BCUT2D eigenvalue weighted by atomic mass is 9.76. The summed E-state index contributed by atoms with van der Waals surface area (Å²) in [5.41, 5.74) is 6.88. The van der Waals surface area contributed by atoms with Crippen LogP contribution >= 0.6 is 0 Å². The lowest BCUT2D eigenvalue weighted by Crippen LogP contribution is -2.56. The first-order valence-corrected chi connectivity index (χ1v) is 7.10. The molecule has 0 radical (unpaired) electrons. The number of nitrogens with zero attached hydrogens (tertiary/aromatic N) is 1. The van der Waals surface area contributed by atoms with E-state index in [1.807, 2.05) is 38.1 Å². The fourth-order valence-electron chi connectivity index (χ4n) is 2.77. The monoisotopic (exact) mass is 277 g/mol. The van der Waals surface area contributed by atoms with Crippen molar-refractivity contribution >= 4 is 5.69 Å². The first kappa shape index (κ1) is 14.9. The average Bonchev–Trinajstić information content (AvgIpc) is 2.47. The van der Waals surface area contributed by atoms with Crippen LogP contribution in [0.1, 0.15) is 19.4 Å². The molecule has 3 N–H and O–H groups in total. The van der Waals surface area contributed by atoms with Crippen molar-refractivity contribution in [2.45, 2.75) is 31.9 Å². The number of benzene rings is 1. The Kier molecular flexibility index (Phi) is 4.73. The van der Waals surface area contributed by atoms with Crippen LogP contribution < -0.4 is 11.1 Å². The van der Waals surface area contributed by atoms with Crippen LogP contribution in [0.3, 0.4) is 0 Å². The van der Waals surface area contributed by atoms with E-state index >= 15 is 0 Å². The number of rotatable bonds is 5. The van der Waals surface area contributed by atoms with E-state index in [4.69, 9.17) is 10.5 Å². The Bertz CT molecular complexity index is 458. The van der Waals surface area contributed by atoms with Gasteiger partial charge in [-0.1, -0.05) is 37.2 Å². The minimum absolute atomic E-state index is 0.0736. The molecule has 0 amide bonds. The molecule has 1 fully saturated rings. The molecule has 0 aliphatic carbocycles. The molecule has 2 atom stereocenters. The van der Waals surface area contributed by atoms with Gasteiger partial charge in [0, 0.05) is 25.2 Å². The molecule has 1 aromatic rings. The molecule has 0 saturated carbocycles. The van der Waals surface area contributed by atoms with Crippen molar-refractivity contribution in [2.75, 3.05) is 25.4 Å². The molecule has 0 aromatic heterocycles. The van der Waals surface area contributed by atoms with Crippen LogP contribution in [0.25, 0.3) is 0 Å². The molecular weight excluding hydrogens is 254 g/mol. The quantitative estimate of drug-likeness (QED) is 0.637. The second-order valence-electron chi connectivity index (χ2n) is 5.68. The summed E-state index contributed by atoms with van der Waals surface area (Å²) in [6.07, 6.45) is 0.293. The first-order chi connectivity index (χ1) is 9.60. The third kappa shape index (κ3) is 2.83. The molecule has 0 bridgehead atoms. The third-order valence-electron chi connectivity index (χ3n) is 4.18. The summed E-state index contributed by atoms with van der Waals surface area (Å²) in [7, 11) is 0. The van der Waals surface area contributed by atoms with Gasteiger partial charge in [0.1, 0.15) is 5.54 Å². The van der Waals surface area contributed by atoms with Crippen molar-refractivity contribution < 1.29 is 4.74 Å². The summed E-state index contributed by atoms with van der Waals surface area (Å²) in [4.78, 5) is 11.7. The summed E-state index contributed by atoms with van der Waals surface area (Å²) < 4.78 is 5.81. The van der Waals surface area contributed by atoms with Crippen LogP contribution in [0.15, 0.2) is 29.4 Å². The van der Waals surface area contributed by atoms with Gasteiger partial charge >= 0.3 is 0 Å². The predicted octanol–water partition coefficient (Wildman–Crippen LogP) is 1.96. The number of nitrogens with one attached hydrogen (secondary N) is 1. The van der Waals surface area contributed by atoms with Crippen molar-refractivity contribution in [1.82, 2.24) is 5.32 Å². The van der Waals surface area contributed by atoms with Gasteiger partial charge < -0.3 is 15.8 Å². The van der Waals surface area contributed by atoms with E-state index in [2.05, 4.69) is 10.5 Å². The van der Waals surface area contributed by atoms with Crippen LogP contribution in [0.5, 0.6) is 0 Å². The molecule has 5 nitrogen and oxygen atoms in total. The molecule has 1 aliphatic rings. The Balaban J connectivity index is 2.31. The Morgan fingerprint density at radius 3 is 2.80 bits per heavy atom. The standard InChI is InChI=1S/C15H23N3O2/c1-11(2)15(18-19,14-10-17-7-8-20-14)9-12-5-3-4-6-13(12)16/h3-6,11,14,17H,7-10,16H2,1-2H3. The highest BCUT2D eigenvalue weighted by atomic mass is 16.5. The van der Waals surface area contributed by atoms with Gasteiger partial charge in [0.15, 0.2) is 0 Å². The lowest BCUT2D eigenvalue weighted by molar-refractivity contribution is -0.0359. The van der Waals surface area contributed by atoms with E-state index in [0.29, 0.717) is 25.3 Å². The van der Waals surface area contributed by atoms with Crippen molar-refractivity contribution in [3.63, 3.8) is 0 Å². The number of anilines is 1. The summed E-state index contributed by atoms with van der Waals surface area (Å²) in [6, 6.07) is 7.63. The van der Waals surface area contributed by atoms with E-state index in [0.717, 1.165) is 12.1 Å². The zero-order valence-corrected chi connectivity index (χ0v) is 12.1.